The Morgan fingerprint density at radius 1 is 1.35 bits per heavy atom. The lowest BCUT2D eigenvalue weighted by molar-refractivity contribution is -0.147. The molecule has 0 unspecified atom stereocenters. The van der Waals surface area contributed by atoms with Gasteiger partial charge in [0.05, 0.1) is 11.3 Å². The Hall–Kier alpha value is -1.91. The first kappa shape index (κ1) is 16.0. The molecular formula is C18H22FNO3. The minimum Gasteiger partial charge on any atom is -0.481 e. The van der Waals surface area contributed by atoms with Crippen LogP contribution < -0.4 is 0 Å². The predicted molar refractivity (Wildman–Crippen MR) is 83.3 cm³/mol. The number of hydrogen-bond donors (Lipinski definition) is 1. The molecular weight excluding hydrogens is 297 g/mol. The van der Waals surface area contributed by atoms with Crippen LogP contribution in [0.5, 0.6) is 0 Å². The van der Waals surface area contributed by atoms with E-state index < -0.39 is 17.3 Å². The summed E-state index contributed by atoms with van der Waals surface area (Å²) in [5, 5.41) is 9.24. The van der Waals surface area contributed by atoms with E-state index in [1.54, 1.807) is 11.0 Å². The molecule has 2 aliphatic rings. The van der Waals surface area contributed by atoms with Crippen molar-refractivity contribution < 1.29 is 19.1 Å². The number of nitrogens with zero attached hydrogens (tertiary/aromatic N) is 1. The Morgan fingerprint density at radius 3 is 2.61 bits per heavy atom. The van der Waals surface area contributed by atoms with Crippen LogP contribution in [0.25, 0.3) is 0 Å². The van der Waals surface area contributed by atoms with Crippen molar-refractivity contribution in [2.75, 3.05) is 13.1 Å². The summed E-state index contributed by atoms with van der Waals surface area (Å²) in [5.74, 6) is -1.58. The molecule has 0 radical (unpaired) electrons. The highest BCUT2D eigenvalue weighted by Crippen LogP contribution is 2.46. The quantitative estimate of drug-likeness (QED) is 0.928. The molecule has 4 nitrogen and oxygen atoms in total. The van der Waals surface area contributed by atoms with Crippen LogP contribution in [0.4, 0.5) is 4.39 Å². The lowest BCUT2D eigenvalue weighted by Gasteiger charge is -2.43. The van der Waals surface area contributed by atoms with E-state index in [0.717, 1.165) is 24.8 Å². The molecule has 2 fully saturated rings. The Kier molecular flexibility index (Phi) is 4.13. The zero-order valence-electron chi connectivity index (χ0n) is 13.3. The second kappa shape index (κ2) is 5.95. The van der Waals surface area contributed by atoms with Gasteiger partial charge in [0, 0.05) is 13.1 Å². The number of carboxylic acid groups (broad SMARTS) is 1. The maximum absolute atomic E-state index is 13.4. The number of hydrogen-bond acceptors (Lipinski definition) is 2. The van der Waals surface area contributed by atoms with Gasteiger partial charge in [0.1, 0.15) is 5.82 Å². The molecule has 3 rings (SSSR count). The van der Waals surface area contributed by atoms with Gasteiger partial charge in [-0.2, -0.15) is 0 Å². The van der Waals surface area contributed by atoms with E-state index in [0.29, 0.717) is 19.5 Å². The zero-order valence-corrected chi connectivity index (χ0v) is 13.3. The van der Waals surface area contributed by atoms with Crippen LogP contribution in [0.15, 0.2) is 24.3 Å². The monoisotopic (exact) mass is 319 g/mol. The summed E-state index contributed by atoms with van der Waals surface area (Å²) in [7, 11) is 0. The van der Waals surface area contributed by atoms with Gasteiger partial charge in [0.15, 0.2) is 0 Å². The van der Waals surface area contributed by atoms with Crippen molar-refractivity contribution >= 4 is 11.9 Å². The van der Waals surface area contributed by atoms with Crippen LogP contribution in [0.2, 0.25) is 0 Å². The maximum atomic E-state index is 13.4. The molecule has 0 aromatic heterocycles. The van der Waals surface area contributed by atoms with Crippen LogP contribution in [0, 0.1) is 23.1 Å². The molecule has 1 saturated carbocycles. The summed E-state index contributed by atoms with van der Waals surface area (Å²) in [4.78, 5) is 26.0. The molecule has 1 aliphatic carbocycles. The summed E-state index contributed by atoms with van der Waals surface area (Å²) < 4.78 is 13.4. The normalized spacial score (nSPS) is 25.9. The van der Waals surface area contributed by atoms with E-state index in [9.17, 15) is 19.1 Å². The van der Waals surface area contributed by atoms with Gasteiger partial charge in [0.2, 0.25) is 5.91 Å². The van der Waals surface area contributed by atoms with Crippen molar-refractivity contribution in [1.82, 2.24) is 4.90 Å². The van der Waals surface area contributed by atoms with Crippen LogP contribution in [0.3, 0.4) is 0 Å². The highest BCUT2D eigenvalue weighted by molar-refractivity contribution is 5.85. The number of carboxylic acids is 1. The fourth-order valence-electron chi connectivity index (χ4n) is 3.90. The lowest BCUT2D eigenvalue weighted by Crippen LogP contribution is -2.48. The van der Waals surface area contributed by atoms with E-state index in [2.05, 4.69) is 0 Å². The largest absolute Gasteiger partial charge is 0.481 e. The second-order valence-corrected chi connectivity index (χ2v) is 7.07. The van der Waals surface area contributed by atoms with E-state index in [1.807, 2.05) is 13.0 Å². The molecule has 23 heavy (non-hydrogen) atoms. The molecule has 1 saturated heterocycles. The number of rotatable bonds is 4. The van der Waals surface area contributed by atoms with Gasteiger partial charge in [0.25, 0.3) is 0 Å². The highest BCUT2D eigenvalue weighted by atomic mass is 19.1. The Morgan fingerprint density at radius 2 is 2.09 bits per heavy atom. The average molecular weight is 319 g/mol. The molecule has 0 spiro atoms. The summed E-state index contributed by atoms with van der Waals surface area (Å²) >= 11 is 0. The first-order valence-electron chi connectivity index (χ1n) is 8.18. The standard InChI is InChI=1S/C18H22FNO3/c1-12-10-20(11-15(12)16(21)22)17(23)18(6-3-7-18)9-13-4-2-5-14(19)8-13/h2,4-5,8,12,15H,3,6-7,9-11H2,1H3,(H,21,22)/t12-,15-/m1/s1. The van der Waals surface area contributed by atoms with Crippen molar-refractivity contribution in [2.45, 2.75) is 32.6 Å². The number of amides is 1. The Bertz CT molecular complexity index is 626. The van der Waals surface area contributed by atoms with E-state index in [1.165, 1.54) is 12.1 Å². The molecule has 124 valence electrons. The van der Waals surface area contributed by atoms with E-state index in [4.69, 9.17) is 0 Å². The number of likely N-dealkylation sites (tertiary alicyclic amines) is 1. The van der Waals surface area contributed by atoms with Crippen molar-refractivity contribution in [1.29, 1.82) is 0 Å². The third-order valence-corrected chi connectivity index (χ3v) is 5.41. The molecule has 1 heterocycles. The average Bonchev–Trinajstić information content (AvgIpc) is 2.84. The smallest absolute Gasteiger partial charge is 0.308 e. The number of halogens is 1. The van der Waals surface area contributed by atoms with Crippen LogP contribution >= 0.6 is 0 Å². The van der Waals surface area contributed by atoms with Gasteiger partial charge < -0.3 is 10.0 Å². The van der Waals surface area contributed by atoms with Gasteiger partial charge in [-0.25, -0.2) is 4.39 Å². The third-order valence-electron chi connectivity index (χ3n) is 5.41. The molecule has 1 amide bonds. The molecule has 1 aromatic rings. The van der Waals surface area contributed by atoms with E-state index in [-0.39, 0.29) is 17.6 Å². The first-order chi connectivity index (χ1) is 10.9. The molecule has 1 aliphatic heterocycles. The van der Waals surface area contributed by atoms with Crippen molar-refractivity contribution in [3.05, 3.63) is 35.6 Å². The van der Waals surface area contributed by atoms with Crippen LogP contribution in [-0.4, -0.2) is 35.0 Å². The summed E-state index contributed by atoms with van der Waals surface area (Å²) in [6.45, 7) is 2.67. The van der Waals surface area contributed by atoms with Gasteiger partial charge in [-0.05, 0) is 42.9 Å². The molecule has 1 N–H and O–H groups in total. The van der Waals surface area contributed by atoms with Crippen LogP contribution in [0.1, 0.15) is 31.7 Å². The number of carbonyl (C=O) groups excluding carboxylic acids is 1. The first-order valence-corrected chi connectivity index (χ1v) is 8.18. The molecule has 0 bridgehead atoms. The molecule has 5 heteroatoms. The minimum atomic E-state index is -0.833. The Balaban J connectivity index is 1.75. The SMILES string of the molecule is C[C@@H]1CN(C(=O)C2(Cc3cccc(F)c3)CCC2)C[C@H]1C(=O)O. The fourth-order valence-corrected chi connectivity index (χ4v) is 3.90. The minimum absolute atomic E-state index is 0.0252. The van der Waals surface area contributed by atoms with Crippen molar-refractivity contribution in [3.63, 3.8) is 0 Å². The van der Waals surface area contributed by atoms with Crippen molar-refractivity contribution in [3.8, 4) is 0 Å². The van der Waals surface area contributed by atoms with Gasteiger partial charge in [-0.3, -0.25) is 9.59 Å². The topological polar surface area (TPSA) is 57.6 Å². The number of carbonyl (C=O) groups is 2. The summed E-state index contributed by atoms with van der Waals surface area (Å²) in [6.07, 6.45) is 3.12. The summed E-state index contributed by atoms with van der Waals surface area (Å²) in [5.41, 5.74) is 0.362. The Labute approximate surface area is 135 Å². The van der Waals surface area contributed by atoms with Crippen molar-refractivity contribution in [2.24, 2.45) is 17.3 Å². The second-order valence-electron chi connectivity index (χ2n) is 7.07. The maximum Gasteiger partial charge on any atom is 0.308 e. The zero-order chi connectivity index (χ0) is 16.6. The predicted octanol–water partition coefficient (Wildman–Crippen LogP) is 2.72. The third kappa shape index (κ3) is 2.96. The van der Waals surface area contributed by atoms with Gasteiger partial charge >= 0.3 is 5.97 Å². The number of aliphatic carboxylic acids is 1. The van der Waals surface area contributed by atoms with E-state index >= 15 is 0 Å². The fraction of sp³-hybridized carbons (Fsp3) is 0.556. The lowest BCUT2D eigenvalue weighted by atomic mass is 9.64. The van der Waals surface area contributed by atoms with Gasteiger partial charge in [-0.15, -0.1) is 0 Å². The van der Waals surface area contributed by atoms with Gasteiger partial charge in [-0.1, -0.05) is 25.5 Å². The van der Waals surface area contributed by atoms with Crippen LogP contribution in [-0.2, 0) is 16.0 Å². The summed E-state index contributed by atoms with van der Waals surface area (Å²) in [6, 6.07) is 6.40. The molecule has 1 aromatic carbocycles. The highest BCUT2D eigenvalue weighted by Gasteiger charge is 2.49. The molecule has 2 atom stereocenters. The number of benzene rings is 1.